The van der Waals surface area contributed by atoms with Gasteiger partial charge in [0, 0.05) is 18.2 Å². The van der Waals surface area contributed by atoms with Crippen LogP contribution in [-0.2, 0) is 6.54 Å². The number of hydrogen-bond donors (Lipinski definition) is 1. The van der Waals surface area contributed by atoms with Gasteiger partial charge in [-0.25, -0.2) is 0 Å². The van der Waals surface area contributed by atoms with Crippen LogP contribution in [0.4, 0.5) is 14.5 Å². The van der Waals surface area contributed by atoms with Crippen LogP contribution in [0.5, 0.6) is 5.75 Å². The number of nitrogens with one attached hydrogen (secondary N) is 1. The topological polar surface area (TPSA) is 81.5 Å². The predicted molar refractivity (Wildman–Crippen MR) is 85.0 cm³/mol. The average Bonchev–Trinajstić information content (AvgIpc) is 2.53. The highest BCUT2D eigenvalue weighted by atomic mass is 79.9. The number of amides is 1. The fourth-order valence-electron chi connectivity index (χ4n) is 1.87. The zero-order valence-corrected chi connectivity index (χ0v) is 13.6. The number of alkyl halides is 2. The number of nitro benzene ring substituents is 1. The van der Waals surface area contributed by atoms with Gasteiger partial charge in [-0.2, -0.15) is 8.78 Å². The molecule has 1 N–H and O–H groups in total. The first-order valence-electron chi connectivity index (χ1n) is 6.62. The Kier molecular flexibility index (Phi) is 5.80. The van der Waals surface area contributed by atoms with Crippen LogP contribution in [0.1, 0.15) is 15.9 Å². The molecule has 0 bridgehead atoms. The maximum absolute atomic E-state index is 12.0. The maximum atomic E-state index is 12.0. The second kappa shape index (κ2) is 7.82. The molecule has 6 nitrogen and oxygen atoms in total. The van der Waals surface area contributed by atoms with Crippen LogP contribution in [0.15, 0.2) is 46.9 Å². The molecule has 0 atom stereocenters. The van der Waals surface area contributed by atoms with Crippen LogP contribution in [0, 0.1) is 10.1 Å². The Morgan fingerprint density at radius 2 is 1.92 bits per heavy atom. The van der Waals surface area contributed by atoms with Gasteiger partial charge >= 0.3 is 6.61 Å². The highest BCUT2D eigenvalue weighted by Crippen LogP contribution is 2.25. The van der Waals surface area contributed by atoms with Crippen molar-refractivity contribution in [2.75, 3.05) is 0 Å². The van der Waals surface area contributed by atoms with E-state index >= 15 is 0 Å². The lowest BCUT2D eigenvalue weighted by Gasteiger charge is -2.08. The molecular weight excluding hydrogens is 390 g/mol. The highest BCUT2D eigenvalue weighted by Gasteiger charge is 2.15. The first-order valence-corrected chi connectivity index (χ1v) is 7.42. The van der Waals surface area contributed by atoms with Crippen LogP contribution >= 0.6 is 15.9 Å². The smallest absolute Gasteiger partial charge is 0.387 e. The van der Waals surface area contributed by atoms with Crippen molar-refractivity contribution < 1.29 is 23.2 Å². The second-order valence-electron chi connectivity index (χ2n) is 4.63. The minimum Gasteiger partial charge on any atom is -0.435 e. The zero-order chi connectivity index (χ0) is 17.7. The minimum absolute atomic E-state index is 0.0172. The van der Waals surface area contributed by atoms with Gasteiger partial charge in [0.05, 0.1) is 9.40 Å². The third-order valence-corrected chi connectivity index (χ3v) is 3.68. The van der Waals surface area contributed by atoms with Crippen LogP contribution in [0.2, 0.25) is 0 Å². The largest absolute Gasteiger partial charge is 0.435 e. The molecule has 2 aromatic carbocycles. The number of nitrogens with zero attached hydrogens (tertiary/aromatic N) is 1. The summed E-state index contributed by atoms with van der Waals surface area (Å²) >= 11 is 3.04. The van der Waals surface area contributed by atoms with E-state index in [4.69, 9.17) is 0 Å². The Morgan fingerprint density at radius 1 is 1.25 bits per heavy atom. The summed E-state index contributed by atoms with van der Waals surface area (Å²) in [5.41, 5.74) is 0.593. The van der Waals surface area contributed by atoms with Gasteiger partial charge in [0.25, 0.3) is 11.6 Å². The SMILES string of the molecule is O=C(NCc1ccc(OC(F)F)cc1)c1ccc(Br)c([N+](=O)[O-])c1. The van der Waals surface area contributed by atoms with Gasteiger partial charge in [-0.15, -0.1) is 0 Å². The molecule has 0 spiro atoms. The number of carbonyl (C=O) groups is 1. The second-order valence-corrected chi connectivity index (χ2v) is 5.48. The van der Waals surface area contributed by atoms with E-state index in [1.165, 1.54) is 42.5 Å². The number of benzene rings is 2. The van der Waals surface area contributed by atoms with Gasteiger partial charge in [-0.3, -0.25) is 14.9 Å². The van der Waals surface area contributed by atoms with Crippen molar-refractivity contribution in [1.82, 2.24) is 5.32 Å². The molecule has 2 rings (SSSR count). The normalized spacial score (nSPS) is 10.5. The van der Waals surface area contributed by atoms with Crippen molar-refractivity contribution in [3.05, 3.63) is 68.2 Å². The fourth-order valence-corrected chi connectivity index (χ4v) is 2.26. The van der Waals surface area contributed by atoms with E-state index < -0.39 is 17.4 Å². The third-order valence-electron chi connectivity index (χ3n) is 3.01. The van der Waals surface area contributed by atoms with Crippen molar-refractivity contribution >= 4 is 27.5 Å². The Balaban J connectivity index is 2.00. The van der Waals surface area contributed by atoms with Crippen LogP contribution in [0.25, 0.3) is 0 Å². The molecule has 126 valence electrons. The van der Waals surface area contributed by atoms with E-state index in [0.717, 1.165) is 0 Å². The van der Waals surface area contributed by atoms with Gasteiger partial charge in [0.2, 0.25) is 0 Å². The molecule has 0 saturated heterocycles. The minimum atomic E-state index is -2.90. The molecule has 0 unspecified atom stereocenters. The number of halogens is 3. The van der Waals surface area contributed by atoms with E-state index in [1.807, 2.05) is 0 Å². The summed E-state index contributed by atoms with van der Waals surface area (Å²) < 4.78 is 28.6. The highest BCUT2D eigenvalue weighted by molar-refractivity contribution is 9.10. The first kappa shape index (κ1) is 17.8. The molecule has 9 heteroatoms. The van der Waals surface area contributed by atoms with Gasteiger partial charge in [0.1, 0.15) is 5.75 Å². The van der Waals surface area contributed by atoms with E-state index in [-0.39, 0.29) is 28.0 Å². The van der Waals surface area contributed by atoms with Gasteiger partial charge in [-0.05, 0) is 45.8 Å². The summed E-state index contributed by atoms with van der Waals surface area (Å²) in [6.07, 6.45) is 0. The molecule has 0 aliphatic carbocycles. The zero-order valence-electron chi connectivity index (χ0n) is 12.0. The quantitative estimate of drug-likeness (QED) is 0.588. The standard InChI is InChI=1S/C15H11BrF2N2O4/c16-12-6-3-10(7-13(12)20(22)23)14(21)19-8-9-1-4-11(5-2-9)24-15(17)18/h1-7,15H,8H2,(H,19,21). The summed E-state index contributed by atoms with van der Waals surface area (Å²) in [5, 5.41) is 13.5. The summed E-state index contributed by atoms with van der Waals surface area (Å²) in [4.78, 5) is 22.3. The molecule has 24 heavy (non-hydrogen) atoms. The van der Waals surface area contributed by atoms with E-state index in [2.05, 4.69) is 26.0 Å². The predicted octanol–water partition coefficient (Wildman–Crippen LogP) is 3.89. The molecular formula is C15H11BrF2N2O4. The molecule has 0 aromatic heterocycles. The Bertz CT molecular complexity index is 754. The van der Waals surface area contributed by atoms with E-state index in [0.29, 0.717) is 5.56 Å². The molecule has 0 saturated carbocycles. The number of nitro groups is 1. The van der Waals surface area contributed by atoms with Crippen molar-refractivity contribution in [3.8, 4) is 5.75 Å². The molecule has 2 aromatic rings. The number of ether oxygens (including phenoxy) is 1. The number of carbonyl (C=O) groups excluding carboxylic acids is 1. The maximum Gasteiger partial charge on any atom is 0.387 e. The summed E-state index contributed by atoms with van der Waals surface area (Å²) in [6, 6.07) is 9.81. The van der Waals surface area contributed by atoms with E-state index in [9.17, 15) is 23.7 Å². The number of hydrogen-bond acceptors (Lipinski definition) is 4. The fraction of sp³-hybridized carbons (Fsp3) is 0.133. The van der Waals surface area contributed by atoms with Crippen molar-refractivity contribution in [2.24, 2.45) is 0 Å². The van der Waals surface area contributed by atoms with Gasteiger partial charge < -0.3 is 10.1 Å². The Hall–Kier alpha value is -2.55. The van der Waals surface area contributed by atoms with E-state index in [1.54, 1.807) is 0 Å². The van der Waals surface area contributed by atoms with Crippen LogP contribution in [-0.4, -0.2) is 17.4 Å². The molecule has 1 amide bonds. The Labute approximate surface area is 143 Å². The van der Waals surface area contributed by atoms with Gasteiger partial charge in [0.15, 0.2) is 0 Å². The number of rotatable bonds is 6. The summed E-state index contributed by atoms with van der Waals surface area (Å²) in [7, 11) is 0. The molecule has 0 fully saturated rings. The third kappa shape index (κ3) is 4.72. The van der Waals surface area contributed by atoms with Crippen LogP contribution in [0.3, 0.4) is 0 Å². The lowest BCUT2D eigenvalue weighted by molar-refractivity contribution is -0.385. The summed E-state index contributed by atoms with van der Waals surface area (Å²) in [5.74, 6) is -0.470. The van der Waals surface area contributed by atoms with Crippen molar-refractivity contribution in [3.63, 3.8) is 0 Å². The molecule has 0 aliphatic heterocycles. The average molecular weight is 401 g/mol. The van der Waals surface area contributed by atoms with Crippen molar-refractivity contribution in [2.45, 2.75) is 13.2 Å². The molecule has 0 aliphatic rings. The lowest BCUT2D eigenvalue weighted by Crippen LogP contribution is -2.22. The van der Waals surface area contributed by atoms with Crippen LogP contribution < -0.4 is 10.1 Å². The molecule has 0 heterocycles. The monoisotopic (exact) mass is 400 g/mol. The van der Waals surface area contributed by atoms with Crippen molar-refractivity contribution in [1.29, 1.82) is 0 Å². The Morgan fingerprint density at radius 3 is 2.50 bits per heavy atom. The molecule has 0 radical (unpaired) electrons. The van der Waals surface area contributed by atoms with Gasteiger partial charge in [-0.1, -0.05) is 12.1 Å². The lowest BCUT2D eigenvalue weighted by atomic mass is 10.1. The summed E-state index contributed by atoms with van der Waals surface area (Å²) in [6.45, 7) is -2.76. The first-order chi connectivity index (χ1) is 11.4.